The van der Waals surface area contributed by atoms with Crippen molar-refractivity contribution in [2.24, 2.45) is 5.92 Å². The fourth-order valence-electron chi connectivity index (χ4n) is 1.97. The second-order valence-electron chi connectivity index (χ2n) is 6.85. The van der Waals surface area contributed by atoms with Crippen LogP contribution in [0.3, 0.4) is 0 Å². The minimum atomic E-state index is -0.491. The van der Waals surface area contributed by atoms with E-state index in [2.05, 4.69) is 40.4 Å². The number of halogens is 2. The van der Waals surface area contributed by atoms with Crippen LogP contribution in [0.5, 0.6) is 0 Å². The maximum absolute atomic E-state index is 11.8. The average molecular weight is 406 g/mol. The van der Waals surface area contributed by atoms with Gasteiger partial charge in [-0.3, -0.25) is 0 Å². The van der Waals surface area contributed by atoms with Gasteiger partial charge in [0.15, 0.2) is 0 Å². The number of benzene rings is 1. The van der Waals surface area contributed by atoms with Crippen molar-refractivity contribution in [3.63, 3.8) is 0 Å². The van der Waals surface area contributed by atoms with Crippen LogP contribution in [-0.2, 0) is 11.3 Å². The topological polar surface area (TPSA) is 50.4 Å². The van der Waals surface area contributed by atoms with E-state index in [9.17, 15) is 4.79 Å². The first-order chi connectivity index (χ1) is 10.6. The van der Waals surface area contributed by atoms with Crippen molar-refractivity contribution >= 4 is 33.6 Å². The number of amides is 1. The molecular formula is C17H26BrClN2O2. The number of carbonyl (C=O) groups excluding carboxylic acids is 1. The van der Waals surface area contributed by atoms with E-state index in [0.29, 0.717) is 19.0 Å². The Morgan fingerprint density at radius 3 is 2.57 bits per heavy atom. The second kappa shape index (κ2) is 8.90. The molecule has 2 N–H and O–H groups in total. The van der Waals surface area contributed by atoms with Gasteiger partial charge in [0.05, 0.1) is 0 Å². The molecule has 1 unspecified atom stereocenters. The Morgan fingerprint density at radius 1 is 1.35 bits per heavy atom. The van der Waals surface area contributed by atoms with E-state index in [1.165, 1.54) is 0 Å². The zero-order chi connectivity index (χ0) is 17.6. The summed E-state index contributed by atoms with van der Waals surface area (Å²) in [4.78, 5) is 11.8. The number of alkyl carbamates (subject to hydrolysis) is 1. The van der Waals surface area contributed by atoms with Gasteiger partial charge in [0, 0.05) is 28.6 Å². The molecule has 1 aromatic carbocycles. The van der Waals surface area contributed by atoms with Gasteiger partial charge in [-0.2, -0.15) is 0 Å². The summed E-state index contributed by atoms with van der Waals surface area (Å²) < 4.78 is 6.25. The Labute approximate surface area is 152 Å². The lowest BCUT2D eigenvalue weighted by atomic mass is 10.0. The van der Waals surface area contributed by atoms with Gasteiger partial charge >= 0.3 is 6.09 Å². The normalized spacial score (nSPS) is 13.0. The zero-order valence-corrected chi connectivity index (χ0v) is 16.7. The van der Waals surface area contributed by atoms with E-state index < -0.39 is 11.7 Å². The van der Waals surface area contributed by atoms with Gasteiger partial charge in [-0.15, -0.1) is 0 Å². The molecule has 6 heteroatoms. The van der Waals surface area contributed by atoms with Crippen LogP contribution in [0.4, 0.5) is 4.79 Å². The maximum Gasteiger partial charge on any atom is 0.407 e. The van der Waals surface area contributed by atoms with Crippen molar-refractivity contribution in [3.8, 4) is 0 Å². The lowest BCUT2D eigenvalue weighted by Crippen LogP contribution is -2.45. The number of ether oxygens (including phenoxy) is 1. The third-order valence-electron chi connectivity index (χ3n) is 3.23. The summed E-state index contributed by atoms with van der Waals surface area (Å²) >= 11 is 9.66. The maximum atomic E-state index is 11.8. The Bertz CT molecular complexity index is 530. The largest absolute Gasteiger partial charge is 0.444 e. The van der Waals surface area contributed by atoms with Crippen molar-refractivity contribution in [2.45, 2.75) is 52.8 Å². The van der Waals surface area contributed by atoms with Crippen molar-refractivity contribution in [3.05, 3.63) is 33.3 Å². The molecule has 1 atom stereocenters. The third-order valence-corrected chi connectivity index (χ3v) is 4.09. The van der Waals surface area contributed by atoms with Gasteiger partial charge in [0.1, 0.15) is 5.60 Å². The lowest BCUT2D eigenvalue weighted by Gasteiger charge is -2.25. The highest BCUT2D eigenvalue weighted by molar-refractivity contribution is 9.10. The third kappa shape index (κ3) is 8.04. The molecule has 0 saturated carbocycles. The Hall–Kier alpha value is -0.780. The number of carbonyl (C=O) groups is 1. The molecule has 0 saturated heterocycles. The van der Waals surface area contributed by atoms with Gasteiger partial charge in [-0.05, 0) is 50.5 Å². The highest BCUT2D eigenvalue weighted by Gasteiger charge is 2.19. The molecule has 0 aliphatic heterocycles. The van der Waals surface area contributed by atoms with Crippen LogP contribution in [0.25, 0.3) is 0 Å². The predicted molar refractivity (Wildman–Crippen MR) is 98.9 cm³/mol. The Balaban J connectivity index is 2.56. The SMILES string of the molecule is CC(C)C(CNC(=O)OC(C)(C)C)NCc1cc(Br)ccc1Cl. The molecule has 0 aliphatic carbocycles. The minimum Gasteiger partial charge on any atom is -0.444 e. The van der Waals surface area contributed by atoms with Gasteiger partial charge < -0.3 is 15.4 Å². The second-order valence-corrected chi connectivity index (χ2v) is 8.17. The number of nitrogens with one attached hydrogen (secondary N) is 2. The molecule has 0 fully saturated rings. The molecular weight excluding hydrogens is 380 g/mol. The summed E-state index contributed by atoms with van der Waals surface area (Å²) in [5, 5.41) is 6.99. The van der Waals surface area contributed by atoms with Gasteiger partial charge in [-0.1, -0.05) is 41.4 Å². The van der Waals surface area contributed by atoms with Crippen LogP contribution in [0.1, 0.15) is 40.2 Å². The molecule has 0 aromatic heterocycles. The first-order valence-corrected chi connectivity index (χ1v) is 8.89. The monoisotopic (exact) mass is 404 g/mol. The lowest BCUT2D eigenvalue weighted by molar-refractivity contribution is 0.0519. The van der Waals surface area contributed by atoms with E-state index in [4.69, 9.17) is 16.3 Å². The van der Waals surface area contributed by atoms with E-state index in [1.54, 1.807) is 0 Å². The molecule has 1 rings (SSSR count). The van der Waals surface area contributed by atoms with Crippen molar-refractivity contribution in [2.75, 3.05) is 6.54 Å². The van der Waals surface area contributed by atoms with Crippen LogP contribution < -0.4 is 10.6 Å². The molecule has 1 aromatic rings. The number of rotatable bonds is 6. The number of hydrogen-bond acceptors (Lipinski definition) is 3. The average Bonchev–Trinajstić information content (AvgIpc) is 2.40. The van der Waals surface area contributed by atoms with Crippen molar-refractivity contribution in [1.82, 2.24) is 10.6 Å². The van der Waals surface area contributed by atoms with E-state index in [-0.39, 0.29) is 6.04 Å². The van der Waals surface area contributed by atoms with E-state index >= 15 is 0 Å². The summed E-state index contributed by atoms with van der Waals surface area (Å²) in [6.45, 7) is 10.9. The van der Waals surface area contributed by atoms with Crippen LogP contribution >= 0.6 is 27.5 Å². The minimum absolute atomic E-state index is 0.123. The van der Waals surface area contributed by atoms with E-state index in [1.807, 2.05) is 39.0 Å². The van der Waals surface area contributed by atoms with Crippen LogP contribution in [-0.4, -0.2) is 24.3 Å². The van der Waals surface area contributed by atoms with E-state index in [0.717, 1.165) is 15.1 Å². The summed E-state index contributed by atoms with van der Waals surface area (Å²) in [7, 11) is 0. The van der Waals surface area contributed by atoms with Crippen LogP contribution in [0.15, 0.2) is 22.7 Å². The highest BCUT2D eigenvalue weighted by atomic mass is 79.9. The Morgan fingerprint density at radius 2 is 2.00 bits per heavy atom. The molecule has 130 valence electrons. The van der Waals surface area contributed by atoms with Gasteiger partial charge in [0.25, 0.3) is 0 Å². The molecule has 23 heavy (non-hydrogen) atoms. The van der Waals surface area contributed by atoms with Gasteiger partial charge in [0.2, 0.25) is 0 Å². The summed E-state index contributed by atoms with van der Waals surface area (Å²) in [6.07, 6.45) is -0.398. The van der Waals surface area contributed by atoms with Crippen LogP contribution in [0, 0.1) is 5.92 Å². The fraction of sp³-hybridized carbons (Fsp3) is 0.588. The highest BCUT2D eigenvalue weighted by Crippen LogP contribution is 2.21. The quantitative estimate of drug-likeness (QED) is 0.718. The fourth-order valence-corrected chi connectivity index (χ4v) is 2.56. The Kier molecular flexibility index (Phi) is 7.84. The molecule has 0 radical (unpaired) electrons. The standard InChI is InChI=1S/C17H26BrClN2O2/c1-11(2)15(10-21-16(22)23-17(3,4)5)20-9-12-8-13(18)6-7-14(12)19/h6-8,11,15,20H,9-10H2,1-5H3,(H,21,22). The summed E-state index contributed by atoms with van der Waals surface area (Å²) in [6, 6.07) is 5.90. The molecule has 0 bridgehead atoms. The first-order valence-electron chi connectivity index (χ1n) is 7.72. The van der Waals surface area contributed by atoms with Gasteiger partial charge in [-0.25, -0.2) is 4.79 Å². The smallest absolute Gasteiger partial charge is 0.407 e. The van der Waals surface area contributed by atoms with Crippen LogP contribution in [0.2, 0.25) is 5.02 Å². The van der Waals surface area contributed by atoms with Crippen molar-refractivity contribution < 1.29 is 9.53 Å². The first kappa shape index (κ1) is 20.3. The number of hydrogen-bond donors (Lipinski definition) is 2. The van der Waals surface area contributed by atoms with Crippen molar-refractivity contribution in [1.29, 1.82) is 0 Å². The zero-order valence-electron chi connectivity index (χ0n) is 14.4. The molecule has 0 aliphatic rings. The molecule has 0 spiro atoms. The molecule has 0 heterocycles. The molecule has 4 nitrogen and oxygen atoms in total. The summed E-state index contributed by atoms with van der Waals surface area (Å²) in [5.74, 6) is 0.357. The molecule has 1 amide bonds. The summed E-state index contributed by atoms with van der Waals surface area (Å²) in [5.41, 5.74) is 0.526. The predicted octanol–water partition coefficient (Wildman–Crippen LogP) is 4.74.